The van der Waals surface area contributed by atoms with Crippen LogP contribution >= 0.6 is 11.6 Å². The summed E-state index contributed by atoms with van der Waals surface area (Å²) in [5.41, 5.74) is 1.02. The number of guanidine groups is 1. The van der Waals surface area contributed by atoms with E-state index in [1.54, 1.807) is 19.6 Å². The average Bonchev–Trinajstić information content (AvgIpc) is 3.41. The monoisotopic (exact) mass is 410 g/mol. The van der Waals surface area contributed by atoms with Crippen LogP contribution in [0.5, 0.6) is 0 Å². The fraction of sp³-hybridized carbons (Fsp3) is 0.300. The fourth-order valence-corrected chi connectivity index (χ4v) is 3.66. The summed E-state index contributed by atoms with van der Waals surface area (Å²) in [6, 6.07) is 14.0. The topological polar surface area (TPSA) is 83.3 Å². The molecule has 0 spiro atoms. The highest BCUT2D eigenvalue weighted by atomic mass is 35.5. The number of aliphatic imine (C=N–C) groups is 1. The Morgan fingerprint density at radius 3 is 2.90 bits per heavy atom. The third-order valence-electron chi connectivity index (χ3n) is 4.86. The van der Waals surface area contributed by atoms with Gasteiger partial charge in [-0.25, -0.2) is 4.98 Å². The van der Waals surface area contributed by atoms with Crippen LogP contribution in [0.4, 0.5) is 5.82 Å². The maximum Gasteiger partial charge on any atom is 0.191 e. The van der Waals surface area contributed by atoms with E-state index in [1.165, 1.54) is 0 Å². The minimum absolute atomic E-state index is 0.256. The van der Waals surface area contributed by atoms with Gasteiger partial charge in [0.2, 0.25) is 0 Å². The van der Waals surface area contributed by atoms with E-state index in [2.05, 4.69) is 35.7 Å². The second-order valence-corrected chi connectivity index (χ2v) is 7.17. The van der Waals surface area contributed by atoms with Crippen molar-refractivity contribution in [2.45, 2.75) is 19.0 Å². The molecule has 3 aromatic rings. The van der Waals surface area contributed by atoms with Gasteiger partial charge in [-0.3, -0.25) is 9.56 Å². The lowest BCUT2D eigenvalue weighted by Crippen LogP contribution is -2.44. The molecule has 2 N–H and O–H groups in total. The van der Waals surface area contributed by atoms with Crippen molar-refractivity contribution < 1.29 is 0 Å². The number of anilines is 1. The standard InChI is InChI=1S/C20H23ClN8/c1-22-20(24-12-18-27-25-14-29(18)16-6-3-2-4-7-16)26-15-9-11-28(13-15)19-17(21)8-5-10-23-19/h2-8,10,14-15H,9,11-13H2,1H3,(H2,22,24,26). The highest BCUT2D eigenvalue weighted by Gasteiger charge is 2.25. The number of nitrogens with one attached hydrogen (secondary N) is 2. The number of rotatable bonds is 5. The van der Waals surface area contributed by atoms with E-state index in [9.17, 15) is 0 Å². The summed E-state index contributed by atoms with van der Waals surface area (Å²) in [5, 5.41) is 15.8. The van der Waals surface area contributed by atoms with Crippen molar-refractivity contribution in [3.63, 3.8) is 0 Å². The molecule has 2 aromatic heterocycles. The predicted octanol–water partition coefficient (Wildman–Crippen LogP) is 2.26. The van der Waals surface area contributed by atoms with Gasteiger partial charge in [-0.05, 0) is 30.7 Å². The Morgan fingerprint density at radius 2 is 2.10 bits per heavy atom. The number of halogens is 1. The smallest absolute Gasteiger partial charge is 0.191 e. The summed E-state index contributed by atoms with van der Waals surface area (Å²) in [4.78, 5) is 10.9. The molecule has 0 bridgehead atoms. The van der Waals surface area contributed by atoms with Gasteiger partial charge in [-0.2, -0.15) is 0 Å². The van der Waals surface area contributed by atoms with Gasteiger partial charge in [0, 0.05) is 38.1 Å². The molecule has 1 unspecified atom stereocenters. The van der Waals surface area contributed by atoms with Crippen LogP contribution in [-0.4, -0.2) is 51.9 Å². The first-order valence-electron chi connectivity index (χ1n) is 9.51. The van der Waals surface area contributed by atoms with Gasteiger partial charge in [0.25, 0.3) is 0 Å². The number of pyridine rings is 1. The lowest BCUT2D eigenvalue weighted by molar-refractivity contribution is 0.643. The quantitative estimate of drug-likeness (QED) is 0.496. The first-order chi connectivity index (χ1) is 14.2. The Kier molecular flexibility index (Phi) is 5.90. The minimum atomic E-state index is 0.256. The Hall–Kier alpha value is -3.13. The summed E-state index contributed by atoms with van der Waals surface area (Å²) in [5.74, 6) is 2.37. The summed E-state index contributed by atoms with van der Waals surface area (Å²) in [7, 11) is 1.76. The molecular formula is C20H23ClN8. The lowest BCUT2D eigenvalue weighted by atomic mass is 10.3. The molecule has 0 radical (unpaired) electrons. The molecule has 8 nitrogen and oxygen atoms in total. The van der Waals surface area contributed by atoms with Crippen LogP contribution in [0.3, 0.4) is 0 Å². The lowest BCUT2D eigenvalue weighted by Gasteiger charge is -2.20. The summed E-state index contributed by atoms with van der Waals surface area (Å²) in [6.45, 7) is 2.22. The Morgan fingerprint density at radius 1 is 1.24 bits per heavy atom. The molecule has 4 rings (SSSR count). The molecular weight excluding hydrogens is 388 g/mol. The Balaban J connectivity index is 1.35. The normalized spacial score (nSPS) is 16.8. The van der Waals surface area contributed by atoms with Crippen molar-refractivity contribution in [3.05, 3.63) is 65.8 Å². The highest BCUT2D eigenvalue weighted by molar-refractivity contribution is 6.32. The van der Waals surface area contributed by atoms with Crippen LogP contribution in [0.2, 0.25) is 5.02 Å². The number of benzene rings is 1. The molecule has 9 heteroatoms. The predicted molar refractivity (Wildman–Crippen MR) is 115 cm³/mol. The number of aromatic nitrogens is 4. The van der Waals surface area contributed by atoms with E-state index in [1.807, 2.05) is 47.0 Å². The third-order valence-corrected chi connectivity index (χ3v) is 5.15. The van der Waals surface area contributed by atoms with Crippen LogP contribution in [-0.2, 0) is 6.54 Å². The van der Waals surface area contributed by atoms with Gasteiger partial charge in [0.15, 0.2) is 11.8 Å². The van der Waals surface area contributed by atoms with Gasteiger partial charge < -0.3 is 15.5 Å². The molecule has 1 fully saturated rings. The van der Waals surface area contributed by atoms with Crippen LogP contribution in [0.1, 0.15) is 12.2 Å². The second kappa shape index (κ2) is 8.91. The average molecular weight is 411 g/mol. The maximum atomic E-state index is 6.28. The second-order valence-electron chi connectivity index (χ2n) is 6.76. The minimum Gasteiger partial charge on any atom is -0.353 e. The number of hydrogen-bond acceptors (Lipinski definition) is 5. The van der Waals surface area contributed by atoms with E-state index < -0.39 is 0 Å². The van der Waals surface area contributed by atoms with Gasteiger partial charge in [-0.1, -0.05) is 29.8 Å². The summed E-state index contributed by atoms with van der Waals surface area (Å²) in [6.07, 6.45) is 4.47. The molecule has 0 aliphatic carbocycles. The third kappa shape index (κ3) is 4.48. The Bertz CT molecular complexity index is 971. The maximum absolute atomic E-state index is 6.28. The van der Waals surface area contributed by atoms with Crippen LogP contribution in [0, 0.1) is 0 Å². The number of para-hydroxylation sites is 1. The van der Waals surface area contributed by atoms with Crippen molar-refractivity contribution in [1.29, 1.82) is 0 Å². The molecule has 1 atom stereocenters. The summed E-state index contributed by atoms with van der Waals surface area (Å²) >= 11 is 6.28. The van der Waals surface area contributed by atoms with Gasteiger partial charge >= 0.3 is 0 Å². The molecule has 1 aliphatic rings. The van der Waals surface area contributed by atoms with Crippen molar-refractivity contribution in [2.75, 3.05) is 25.0 Å². The molecule has 3 heterocycles. The largest absolute Gasteiger partial charge is 0.353 e. The van der Waals surface area contributed by atoms with Crippen molar-refractivity contribution in [3.8, 4) is 5.69 Å². The van der Waals surface area contributed by atoms with E-state index in [-0.39, 0.29) is 6.04 Å². The molecule has 1 aromatic carbocycles. The van der Waals surface area contributed by atoms with E-state index in [0.29, 0.717) is 11.6 Å². The van der Waals surface area contributed by atoms with Crippen molar-refractivity contribution >= 4 is 23.4 Å². The van der Waals surface area contributed by atoms with Gasteiger partial charge in [-0.15, -0.1) is 10.2 Å². The zero-order valence-corrected chi connectivity index (χ0v) is 16.9. The van der Waals surface area contributed by atoms with Crippen molar-refractivity contribution in [2.24, 2.45) is 4.99 Å². The molecule has 29 heavy (non-hydrogen) atoms. The molecule has 0 saturated carbocycles. The highest BCUT2D eigenvalue weighted by Crippen LogP contribution is 2.25. The molecule has 1 saturated heterocycles. The van der Waals surface area contributed by atoms with E-state index >= 15 is 0 Å². The molecule has 1 aliphatic heterocycles. The van der Waals surface area contributed by atoms with Crippen LogP contribution < -0.4 is 15.5 Å². The Labute approximate surface area is 174 Å². The number of hydrogen-bond donors (Lipinski definition) is 2. The van der Waals surface area contributed by atoms with E-state index in [0.717, 1.165) is 42.8 Å². The van der Waals surface area contributed by atoms with E-state index in [4.69, 9.17) is 11.6 Å². The zero-order chi connectivity index (χ0) is 20.1. The van der Waals surface area contributed by atoms with Crippen LogP contribution in [0.15, 0.2) is 60.0 Å². The first-order valence-corrected chi connectivity index (χ1v) is 9.89. The molecule has 0 amide bonds. The first kappa shape index (κ1) is 19.2. The SMILES string of the molecule is CN=C(NCc1nncn1-c1ccccc1)NC1CCN(c2ncccc2Cl)C1. The van der Waals surface area contributed by atoms with Crippen LogP contribution in [0.25, 0.3) is 5.69 Å². The molecule has 150 valence electrons. The van der Waals surface area contributed by atoms with Crippen molar-refractivity contribution in [1.82, 2.24) is 30.4 Å². The number of nitrogens with zero attached hydrogens (tertiary/aromatic N) is 6. The van der Waals surface area contributed by atoms with Gasteiger partial charge in [0.1, 0.15) is 12.1 Å². The fourth-order valence-electron chi connectivity index (χ4n) is 3.42. The summed E-state index contributed by atoms with van der Waals surface area (Å²) < 4.78 is 1.96. The van der Waals surface area contributed by atoms with Gasteiger partial charge in [0.05, 0.1) is 11.6 Å². The zero-order valence-electron chi connectivity index (χ0n) is 16.2.